The van der Waals surface area contributed by atoms with Gasteiger partial charge in [-0.2, -0.15) is 5.26 Å². The molecule has 0 amide bonds. The molecule has 0 aliphatic heterocycles. The molecule has 0 radical (unpaired) electrons. The summed E-state index contributed by atoms with van der Waals surface area (Å²) in [6, 6.07) is 67.2. The molecule has 13 rings (SSSR count). The van der Waals surface area contributed by atoms with Crippen molar-refractivity contribution in [2.24, 2.45) is 0 Å². The van der Waals surface area contributed by atoms with Crippen LogP contribution < -0.4 is 0 Å². The van der Waals surface area contributed by atoms with Gasteiger partial charge >= 0.3 is 0 Å². The summed E-state index contributed by atoms with van der Waals surface area (Å²) in [6.07, 6.45) is 0. The minimum Gasteiger partial charge on any atom is -0.318 e. The van der Waals surface area contributed by atoms with Gasteiger partial charge in [0.25, 0.3) is 0 Å². The van der Waals surface area contributed by atoms with Crippen LogP contribution in [0.2, 0.25) is 0 Å². The molecule has 0 atom stereocenters. The molecule has 310 valence electrons. The van der Waals surface area contributed by atoms with Gasteiger partial charge in [0.15, 0.2) is 0 Å². The first-order chi connectivity index (χ1) is 32.4. The van der Waals surface area contributed by atoms with Crippen LogP contribution in [0.15, 0.2) is 182 Å². The van der Waals surface area contributed by atoms with E-state index < -0.39 is 0 Å². The van der Waals surface area contributed by atoms with Gasteiger partial charge in [0, 0.05) is 53.4 Å². The molecule has 0 aliphatic carbocycles. The molecular weight excluding hydrogens is 823 g/mol. The fourth-order valence-corrected chi connectivity index (χ4v) is 12.0. The molecule has 0 saturated heterocycles. The molecule has 9 aromatic carbocycles. The van der Waals surface area contributed by atoms with Gasteiger partial charge in [-0.1, -0.05) is 166 Å². The van der Waals surface area contributed by atoms with Crippen molar-refractivity contribution < 1.29 is 0 Å². The summed E-state index contributed by atoms with van der Waals surface area (Å²) >= 11 is 1.77. The van der Waals surface area contributed by atoms with E-state index in [-0.39, 0.29) is 5.41 Å². The Hall–Kier alpha value is -8.42. The maximum absolute atomic E-state index is 12.2. The minimum atomic E-state index is -0.0956. The first kappa shape index (κ1) is 38.1. The molecule has 4 aromatic heterocycles. The zero-order valence-electron chi connectivity index (χ0n) is 36.5. The summed E-state index contributed by atoms with van der Waals surface area (Å²) in [6.45, 7) is 16.2. The highest BCUT2D eigenvalue weighted by molar-refractivity contribution is 7.26. The maximum atomic E-state index is 12.2. The van der Waals surface area contributed by atoms with E-state index in [1.165, 1.54) is 15.6 Å². The number of thiophene rings is 1. The van der Waals surface area contributed by atoms with Crippen LogP contribution in [0.1, 0.15) is 31.9 Å². The van der Waals surface area contributed by atoms with E-state index in [1.807, 2.05) is 0 Å². The largest absolute Gasteiger partial charge is 0.318 e. The first-order valence-electron chi connectivity index (χ1n) is 22.3. The summed E-state index contributed by atoms with van der Waals surface area (Å²) in [4.78, 5) is 4.68. The monoisotopic (exact) mass is 861 g/mol. The predicted octanol–water partition coefficient (Wildman–Crippen LogP) is 16.7. The standard InChI is InChI=1S/C60H39N5S/c1-60(2,3)37-31-29-36(30-32-37)53-55(63-47-23-11-5-17-38(47)39-18-6-12-24-48(39)63)46(35-61)56(54(62-4)58(53)64-49-25-13-7-19-40(49)41-20-8-14-26-50(41)64)65-51-27-15-9-21-42(51)44-33-34-45-43-22-10-16-28-52(43)66-59(45)57(44)65/h5-34H,1-3H3. The molecule has 0 N–H and O–H groups in total. The Bertz CT molecular complexity index is 4030. The summed E-state index contributed by atoms with van der Waals surface area (Å²) in [7, 11) is 0. The molecule has 5 nitrogen and oxygen atoms in total. The normalized spacial score (nSPS) is 12.1. The Labute approximate surface area is 384 Å². The number of para-hydroxylation sites is 5. The van der Waals surface area contributed by atoms with Gasteiger partial charge in [0.05, 0.1) is 67.0 Å². The smallest absolute Gasteiger partial charge is 0.236 e. The van der Waals surface area contributed by atoms with Crippen LogP contribution in [-0.4, -0.2) is 13.7 Å². The van der Waals surface area contributed by atoms with Crippen LogP contribution >= 0.6 is 11.3 Å². The fourth-order valence-electron chi connectivity index (χ4n) is 10.8. The summed E-state index contributed by atoms with van der Waals surface area (Å²) in [5, 5.41) is 21.1. The predicted molar refractivity (Wildman–Crippen MR) is 277 cm³/mol. The summed E-state index contributed by atoms with van der Waals surface area (Å²) in [5.74, 6) is 0. The molecule has 0 aliphatic rings. The van der Waals surface area contributed by atoms with E-state index in [4.69, 9.17) is 0 Å². The third-order valence-corrected chi connectivity index (χ3v) is 14.9. The number of nitriles is 1. The third kappa shape index (κ3) is 5.19. The number of fused-ring (bicyclic) bond motifs is 13. The van der Waals surface area contributed by atoms with Gasteiger partial charge in [0.2, 0.25) is 5.69 Å². The van der Waals surface area contributed by atoms with Crippen molar-refractivity contribution in [3.8, 4) is 34.3 Å². The van der Waals surface area contributed by atoms with E-state index in [0.29, 0.717) is 16.9 Å². The topological polar surface area (TPSA) is 42.9 Å². The Morgan fingerprint density at radius 1 is 0.470 bits per heavy atom. The highest BCUT2D eigenvalue weighted by Crippen LogP contribution is 2.53. The third-order valence-electron chi connectivity index (χ3n) is 13.7. The number of aromatic nitrogens is 3. The van der Waals surface area contributed by atoms with Crippen LogP contribution in [0.4, 0.5) is 5.69 Å². The van der Waals surface area contributed by atoms with Crippen molar-refractivity contribution in [3.63, 3.8) is 0 Å². The van der Waals surface area contributed by atoms with Crippen LogP contribution in [0, 0.1) is 17.9 Å². The lowest BCUT2D eigenvalue weighted by molar-refractivity contribution is 0.590. The summed E-state index contributed by atoms with van der Waals surface area (Å²) < 4.78 is 9.16. The molecule has 66 heavy (non-hydrogen) atoms. The van der Waals surface area contributed by atoms with Gasteiger partial charge in [-0.05, 0) is 52.9 Å². The van der Waals surface area contributed by atoms with E-state index in [1.54, 1.807) is 11.3 Å². The molecule has 13 aromatic rings. The first-order valence-corrected chi connectivity index (χ1v) is 23.1. The number of nitrogens with zero attached hydrogens (tertiary/aromatic N) is 5. The lowest BCUT2D eigenvalue weighted by Crippen LogP contribution is -2.12. The molecule has 0 spiro atoms. The number of rotatable bonds is 4. The maximum Gasteiger partial charge on any atom is 0.236 e. The highest BCUT2D eigenvalue weighted by atomic mass is 32.1. The zero-order valence-corrected chi connectivity index (χ0v) is 37.3. The van der Waals surface area contributed by atoms with Crippen LogP contribution in [0.3, 0.4) is 0 Å². The Morgan fingerprint density at radius 2 is 0.909 bits per heavy atom. The van der Waals surface area contributed by atoms with E-state index in [0.717, 1.165) is 98.0 Å². The van der Waals surface area contributed by atoms with Gasteiger partial charge in [0.1, 0.15) is 6.07 Å². The molecule has 0 unspecified atom stereocenters. The van der Waals surface area contributed by atoms with Crippen molar-refractivity contribution in [1.82, 2.24) is 13.7 Å². The van der Waals surface area contributed by atoms with Gasteiger partial charge in [-0.15, -0.1) is 11.3 Å². The second kappa shape index (κ2) is 14.0. The molecule has 4 heterocycles. The SMILES string of the molecule is [C-]#[N+]c1c(-n2c3ccccc3c3ccccc32)c(-c2ccc(C(C)(C)C)cc2)c(-n2c3ccccc3c3ccccc32)c(C#N)c1-n1c2ccccc2c2ccc3c4ccccc4sc3c21. The molecule has 0 bridgehead atoms. The van der Waals surface area contributed by atoms with Crippen molar-refractivity contribution >= 4 is 103 Å². The lowest BCUT2D eigenvalue weighted by atomic mass is 9.85. The Balaban J connectivity index is 1.35. The zero-order chi connectivity index (χ0) is 44.4. The van der Waals surface area contributed by atoms with Crippen LogP contribution in [0.5, 0.6) is 0 Å². The van der Waals surface area contributed by atoms with Crippen molar-refractivity contribution in [3.05, 3.63) is 205 Å². The van der Waals surface area contributed by atoms with E-state index in [2.05, 4.69) is 227 Å². The van der Waals surface area contributed by atoms with Gasteiger partial charge in [-0.3, -0.25) is 0 Å². The molecule has 6 heteroatoms. The molecule has 0 saturated carbocycles. The second-order valence-electron chi connectivity index (χ2n) is 18.2. The average Bonchev–Trinajstić information content (AvgIpc) is 4.09. The fraction of sp³-hybridized carbons (Fsp3) is 0.0667. The van der Waals surface area contributed by atoms with E-state index >= 15 is 0 Å². The summed E-state index contributed by atoms with van der Waals surface area (Å²) in [5.41, 5.74) is 11.5. The average molecular weight is 862 g/mol. The van der Waals surface area contributed by atoms with Crippen molar-refractivity contribution in [1.29, 1.82) is 5.26 Å². The minimum absolute atomic E-state index is 0.0956. The second-order valence-corrected chi connectivity index (χ2v) is 19.3. The van der Waals surface area contributed by atoms with Gasteiger partial charge in [-0.25, -0.2) is 4.85 Å². The Morgan fingerprint density at radius 3 is 1.41 bits per heavy atom. The Kier molecular flexibility index (Phi) is 8.10. The van der Waals surface area contributed by atoms with Crippen molar-refractivity contribution in [2.75, 3.05) is 0 Å². The number of hydrogen-bond acceptors (Lipinski definition) is 2. The number of benzene rings is 9. The molecule has 0 fully saturated rings. The number of hydrogen-bond donors (Lipinski definition) is 0. The van der Waals surface area contributed by atoms with Crippen molar-refractivity contribution in [2.45, 2.75) is 26.2 Å². The quantitative estimate of drug-likeness (QED) is 0.163. The van der Waals surface area contributed by atoms with E-state index in [9.17, 15) is 11.8 Å². The highest BCUT2D eigenvalue weighted by Gasteiger charge is 2.33. The molecular formula is C60H39N5S. The lowest BCUT2D eigenvalue weighted by Gasteiger charge is -2.27. The van der Waals surface area contributed by atoms with Gasteiger partial charge < -0.3 is 13.7 Å². The van der Waals surface area contributed by atoms with Crippen LogP contribution in [0.25, 0.3) is 119 Å². The van der Waals surface area contributed by atoms with Crippen LogP contribution in [-0.2, 0) is 5.41 Å².